The first-order valence-electron chi connectivity index (χ1n) is 8.01. The molecule has 3 aromatic rings. The number of hydrogen-bond donors (Lipinski definition) is 1. The molecular formula is C17H15N5O5. The minimum Gasteiger partial charge on any atom is -0.352 e. The molecule has 0 spiro atoms. The van der Waals surface area contributed by atoms with E-state index in [-0.39, 0.29) is 12.1 Å². The molecule has 0 aliphatic carbocycles. The highest BCUT2D eigenvalue weighted by Gasteiger charge is 2.19. The highest BCUT2D eigenvalue weighted by atomic mass is 16.6. The van der Waals surface area contributed by atoms with Crippen LogP contribution in [0.3, 0.4) is 0 Å². The topological polar surface area (TPSA) is 133 Å². The third-order valence-corrected chi connectivity index (χ3v) is 4.00. The summed E-state index contributed by atoms with van der Waals surface area (Å²) in [5.41, 5.74) is 1.44. The van der Waals surface area contributed by atoms with Gasteiger partial charge in [0.1, 0.15) is 5.65 Å². The van der Waals surface area contributed by atoms with E-state index >= 15 is 0 Å². The van der Waals surface area contributed by atoms with Crippen molar-refractivity contribution in [1.29, 1.82) is 0 Å². The molecule has 2 aromatic heterocycles. The maximum atomic E-state index is 12.2. The Labute approximate surface area is 152 Å². The summed E-state index contributed by atoms with van der Waals surface area (Å²) in [6, 6.07) is 8.56. The number of nitro groups is 2. The van der Waals surface area contributed by atoms with Gasteiger partial charge in [0.15, 0.2) is 0 Å². The third-order valence-electron chi connectivity index (χ3n) is 4.00. The molecule has 1 N–H and O–H groups in total. The van der Waals surface area contributed by atoms with E-state index in [4.69, 9.17) is 0 Å². The average Bonchev–Trinajstić information content (AvgIpc) is 3.05. The molecular weight excluding hydrogens is 354 g/mol. The molecule has 27 heavy (non-hydrogen) atoms. The van der Waals surface area contributed by atoms with Crippen LogP contribution in [0.1, 0.15) is 21.7 Å². The second-order valence-electron chi connectivity index (χ2n) is 5.89. The molecule has 10 nitrogen and oxygen atoms in total. The van der Waals surface area contributed by atoms with E-state index in [0.717, 1.165) is 35.2 Å². The fourth-order valence-electron chi connectivity index (χ4n) is 2.66. The van der Waals surface area contributed by atoms with Crippen molar-refractivity contribution in [3.63, 3.8) is 0 Å². The van der Waals surface area contributed by atoms with Crippen molar-refractivity contribution in [2.24, 2.45) is 0 Å². The van der Waals surface area contributed by atoms with Crippen LogP contribution >= 0.6 is 0 Å². The van der Waals surface area contributed by atoms with Crippen LogP contribution in [0.15, 0.2) is 42.6 Å². The first-order chi connectivity index (χ1) is 12.8. The molecule has 1 aromatic carbocycles. The van der Waals surface area contributed by atoms with Crippen molar-refractivity contribution in [3.05, 3.63) is 79.8 Å². The first kappa shape index (κ1) is 18.0. The standard InChI is InChI=1S/C17H15N5O5/c1-11-3-2-4-16-19-13(10-20(11)16)5-6-18-17(23)12-7-14(21(24)25)9-15(8-12)22(26)27/h2-4,7-10H,5-6H2,1H3,(H,18,23). The number of aromatic nitrogens is 2. The summed E-state index contributed by atoms with van der Waals surface area (Å²) in [6.07, 6.45) is 2.32. The van der Waals surface area contributed by atoms with Crippen molar-refractivity contribution in [2.75, 3.05) is 6.54 Å². The number of aryl methyl sites for hydroxylation is 1. The van der Waals surface area contributed by atoms with Crippen molar-refractivity contribution >= 4 is 22.9 Å². The molecule has 0 radical (unpaired) electrons. The largest absolute Gasteiger partial charge is 0.352 e. The first-order valence-corrected chi connectivity index (χ1v) is 8.01. The maximum absolute atomic E-state index is 12.2. The molecule has 0 saturated heterocycles. The highest BCUT2D eigenvalue weighted by Crippen LogP contribution is 2.22. The Balaban J connectivity index is 1.70. The second-order valence-corrected chi connectivity index (χ2v) is 5.89. The maximum Gasteiger partial charge on any atom is 0.277 e. The van der Waals surface area contributed by atoms with E-state index in [1.165, 1.54) is 0 Å². The molecule has 0 bridgehead atoms. The summed E-state index contributed by atoms with van der Waals surface area (Å²) in [5.74, 6) is -0.623. The van der Waals surface area contributed by atoms with Crippen LogP contribution in [0.25, 0.3) is 5.65 Å². The fraction of sp³-hybridized carbons (Fsp3) is 0.176. The van der Waals surface area contributed by atoms with Crippen molar-refractivity contribution in [3.8, 4) is 0 Å². The lowest BCUT2D eigenvalue weighted by Gasteiger charge is -2.04. The zero-order valence-corrected chi connectivity index (χ0v) is 14.3. The van der Waals surface area contributed by atoms with Crippen molar-refractivity contribution < 1.29 is 14.6 Å². The number of fused-ring (bicyclic) bond motifs is 1. The fourth-order valence-corrected chi connectivity index (χ4v) is 2.66. The van der Waals surface area contributed by atoms with Crippen LogP contribution in [0, 0.1) is 27.2 Å². The lowest BCUT2D eigenvalue weighted by molar-refractivity contribution is -0.394. The van der Waals surface area contributed by atoms with Crippen LogP contribution in [0.5, 0.6) is 0 Å². The summed E-state index contributed by atoms with van der Waals surface area (Å²) in [4.78, 5) is 36.9. The summed E-state index contributed by atoms with van der Waals surface area (Å²) >= 11 is 0. The van der Waals surface area contributed by atoms with E-state index in [1.54, 1.807) is 0 Å². The van der Waals surface area contributed by atoms with Crippen molar-refractivity contribution in [1.82, 2.24) is 14.7 Å². The van der Waals surface area contributed by atoms with Crippen LogP contribution < -0.4 is 5.32 Å². The molecule has 138 valence electrons. The number of nitro benzene ring substituents is 2. The number of non-ortho nitro benzene ring substituents is 2. The summed E-state index contributed by atoms with van der Waals surface area (Å²) in [6.45, 7) is 2.19. The van der Waals surface area contributed by atoms with E-state index in [0.29, 0.717) is 6.42 Å². The average molecular weight is 369 g/mol. The summed E-state index contributed by atoms with van der Waals surface area (Å²) < 4.78 is 1.93. The van der Waals surface area contributed by atoms with Crippen LogP contribution in [0.2, 0.25) is 0 Å². The highest BCUT2D eigenvalue weighted by molar-refractivity contribution is 5.95. The zero-order chi connectivity index (χ0) is 19.6. The number of imidazole rings is 1. The van der Waals surface area contributed by atoms with Crippen molar-refractivity contribution in [2.45, 2.75) is 13.3 Å². The number of rotatable bonds is 6. The number of amides is 1. The van der Waals surface area contributed by atoms with Gasteiger partial charge in [0, 0.05) is 37.0 Å². The van der Waals surface area contributed by atoms with Gasteiger partial charge in [-0.2, -0.15) is 0 Å². The minimum absolute atomic E-state index is 0.137. The zero-order valence-electron chi connectivity index (χ0n) is 14.3. The van der Waals surface area contributed by atoms with Crippen LogP contribution in [-0.2, 0) is 6.42 Å². The van der Waals surface area contributed by atoms with Gasteiger partial charge in [0.2, 0.25) is 0 Å². The number of hydrogen-bond acceptors (Lipinski definition) is 6. The smallest absolute Gasteiger partial charge is 0.277 e. The predicted molar refractivity (Wildman–Crippen MR) is 95.7 cm³/mol. The van der Waals surface area contributed by atoms with Gasteiger partial charge >= 0.3 is 0 Å². The lowest BCUT2D eigenvalue weighted by atomic mass is 10.1. The van der Waals surface area contributed by atoms with Gasteiger partial charge in [-0.3, -0.25) is 25.0 Å². The Morgan fingerprint density at radius 3 is 2.41 bits per heavy atom. The minimum atomic E-state index is -0.775. The molecule has 3 rings (SSSR count). The normalized spacial score (nSPS) is 10.7. The van der Waals surface area contributed by atoms with Gasteiger partial charge in [-0.15, -0.1) is 0 Å². The van der Waals surface area contributed by atoms with Gasteiger partial charge in [0.25, 0.3) is 17.3 Å². The molecule has 2 heterocycles. The molecule has 0 aliphatic rings. The molecule has 0 saturated carbocycles. The Bertz CT molecular complexity index is 1030. The SMILES string of the molecule is Cc1cccc2nc(CCNC(=O)c3cc([N+](=O)[O-])cc([N+](=O)[O-])c3)cn12. The molecule has 0 fully saturated rings. The van der Waals surface area contributed by atoms with E-state index < -0.39 is 27.1 Å². The molecule has 0 aliphatic heterocycles. The van der Waals surface area contributed by atoms with E-state index in [1.807, 2.05) is 35.7 Å². The third kappa shape index (κ3) is 3.89. The number of nitrogens with zero attached hydrogens (tertiary/aromatic N) is 4. The molecule has 10 heteroatoms. The van der Waals surface area contributed by atoms with Gasteiger partial charge in [-0.25, -0.2) is 4.98 Å². The Hall–Kier alpha value is -3.82. The Kier molecular flexibility index (Phi) is 4.79. The number of pyridine rings is 1. The number of benzene rings is 1. The quantitative estimate of drug-likeness (QED) is 0.524. The summed E-state index contributed by atoms with van der Waals surface area (Å²) in [5, 5.41) is 24.4. The number of nitrogens with one attached hydrogen (secondary N) is 1. The lowest BCUT2D eigenvalue weighted by Crippen LogP contribution is -2.26. The monoisotopic (exact) mass is 369 g/mol. The van der Waals surface area contributed by atoms with E-state index in [2.05, 4.69) is 10.3 Å². The molecule has 1 amide bonds. The predicted octanol–water partition coefficient (Wildman–Crippen LogP) is 2.43. The van der Waals surface area contributed by atoms with Gasteiger partial charge in [-0.1, -0.05) is 6.07 Å². The molecule has 0 unspecified atom stereocenters. The number of carbonyl (C=O) groups excluding carboxylic acids is 1. The van der Waals surface area contributed by atoms with Crippen LogP contribution in [-0.4, -0.2) is 31.7 Å². The Morgan fingerprint density at radius 2 is 1.81 bits per heavy atom. The van der Waals surface area contributed by atoms with Gasteiger partial charge < -0.3 is 9.72 Å². The summed E-state index contributed by atoms with van der Waals surface area (Å²) in [7, 11) is 0. The van der Waals surface area contributed by atoms with Gasteiger partial charge in [0.05, 0.1) is 27.2 Å². The van der Waals surface area contributed by atoms with Crippen LogP contribution in [0.4, 0.5) is 11.4 Å². The molecule has 0 atom stereocenters. The second kappa shape index (κ2) is 7.20. The number of carbonyl (C=O) groups is 1. The van der Waals surface area contributed by atoms with Gasteiger partial charge in [-0.05, 0) is 19.1 Å². The van der Waals surface area contributed by atoms with E-state index in [9.17, 15) is 25.0 Å². The Morgan fingerprint density at radius 1 is 1.15 bits per heavy atom.